The fourth-order valence-corrected chi connectivity index (χ4v) is 10.1. The highest BCUT2D eigenvalue weighted by Crippen LogP contribution is 2.42. The van der Waals surface area contributed by atoms with Crippen LogP contribution < -0.4 is 16.2 Å². The van der Waals surface area contributed by atoms with Gasteiger partial charge in [-0.15, -0.1) is 0 Å². The van der Waals surface area contributed by atoms with Crippen molar-refractivity contribution in [2.24, 2.45) is 23.7 Å². The van der Waals surface area contributed by atoms with Gasteiger partial charge in [-0.25, -0.2) is 25.8 Å². The second-order valence-electron chi connectivity index (χ2n) is 20.4. The van der Waals surface area contributed by atoms with Crippen LogP contribution in [0.5, 0.6) is 0 Å². The summed E-state index contributed by atoms with van der Waals surface area (Å²) in [5.74, 6) is -11.6. The van der Waals surface area contributed by atoms with Gasteiger partial charge in [0.05, 0.1) is 11.7 Å². The zero-order chi connectivity index (χ0) is 50.1. The van der Waals surface area contributed by atoms with E-state index in [1.165, 1.54) is 27.7 Å². The highest BCUT2D eigenvalue weighted by atomic mass is 16.6. The van der Waals surface area contributed by atoms with Crippen molar-refractivity contribution in [1.29, 1.82) is 0 Å². The lowest BCUT2D eigenvalue weighted by atomic mass is 9.78. The maximum absolute atomic E-state index is 15.1. The van der Waals surface area contributed by atoms with Gasteiger partial charge < -0.3 is 35.0 Å². The lowest BCUT2D eigenvalue weighted by Gasteiger charge is -2.48. The van der Waals surface area contributed by atoms with E-state index in [9.17, 15) is 54.5 Å². The number of amides is 6. The molecule has 5 aliphatic heterocycles. The topological polar surface area (TPSA) is 291 Å². The average Bonchev–Trinajstić information content (AvgIpc) is 3.62. The number of fused-ring (bicyclic) bond motifs is 3. The third-order valence-electron chi connectivity index (χ3n) is 14.7. The Morgan fingerprint density at radius 2 is 1.42 bits per heavy atom. The molecule has 5 fully saturated rings. The van der Waals surface area contributed by atoms with Crippen molar-refractivity contribution in [2.45, 2.75) is 199 Å². The summed E-state index contributed by atoms with van der Waals surface area (Å²) in [6.45, 7) is 15.8. The Bertz CT molecular complexity index is 1850. The van der Waals surface area contributed by atoms with Gasteiger partial charge in [-0.3, -0.25) is 49.2 Å². The molecular formula is C45H76N8O14. The molecule has 5 aliphatic rings. The Hall–Kier alpha value is -4.03. The second-order valence-corrected chi connectivity index (χ2v) is 20.4. The number of hydrazine groups is 2. The molecule has 6 amide bonds. The van der Waals surface area contributed by atoms with E-state index in [1.54, 1.807) is 13.8 Å². The van der Waals surface area contributed by atoms with Gasteiger partial charge in [-0.05, 0) is 95.8 Å². The van der Waals surface area contributed by atoms with Gasteiger partial charge in [0.2, 0.25) is 11.7 Å². The molecule has 0 bridgehead atoms. The normalized spacial score (nSPS) is 35.9. The van der Waals surface area contributed by atoms with Crippen LogP contribution in [0.3, 0.4) is 0 Å². The Labute approximate surface area is 392 Å². The van der Waals surface area contributed by atoms with E-state index in [0.29, 0.717) is 31.6 Å². The van der Waals surface area contributed by atoms with Crippen LogP contribution in [0.15, 0.2) is 0 Å². The lowest BCUT2D eigenvalue weighted by molar-refractivity contribution is -0.329. The van der Waals surface area contributed by atoms with Crippen molar-refractivity contribution in [2.75, 3.05) is 19.6 Å². The van der Waals surface area contributed by atoms with Crippen molar-refractivity contribution in [1.82, 2.24) is 41.2 Å². The highest BCUT2D eigenvalue weighted by Gasteiger charge is 2.59. The number of carbonyl (C=O) groups is 7. The molecule has 67 heavy (non-hydrogen) atoms. The van der Waals surface area contributed by atoms with Crippen LogP contribution in [-0.2, 0) is 43.0 Å². The summed E-state index contributed by atoms with van der Waals surface area (Å²) in [6.07, 6.45) is 0.791. The number of hydrogen-bond acceptors (Lipinski definition) is 16. The largest absolute Gasteiger partial charge is 0.458 e. The van der Waals surface area contributed by atoms with Gasteiger partial charge in [0.1, 0.15) is 36.3 Å². The number of carbonyl (C=O) groups excluding carboxylic acids is 7. The molecule has 22 heteroatoms. The zero-order valence-electron chi connectivity index (χ0n) is 40.8. The molecule has 0 saturated carbocycles. The van der Waals surface area contributed by atoms with E-state index in [2.05, 4.69) is 30.0 Å². The Morgan fingerprint density at radius 1 is 0.836 bits per heavy atom. The van der Waals surface area contributed by atoms with E-state index in [4.69, 9.17) is 9.47 Å². The molecule has 380 valence electrons. The summed E-state index contributed by atoms with van der Waals surface area (Å²) in [6, 6.07) is -10.0. The molecular weight excluding hydrogens is 877 g/mol. The summed E-state index contributed by atoms with van der Waals surface area (Å²) in [5, 5.41) is 63.5. The average molecular weight is 953 g/mol. The minimum absolute atomic E-state index is 0.0213. The quantitative estimate of drug-likeness (QED) is 0.114. The van der Waals surface area contributed by atoms with Gasteiger partial charge >= 0.3 is 5.97 Å². The van der Waals surface area contributed by atoms with Crippen LogP contribution in [0.1, 0.15) is 133 Å². The van der Waals surface area contributed by atoms with Crippen LogP contribution in [0.4, 0.5) is 0 Å². The van der Waals surface area contributed by atoms with E-state index in [-0.39, 0.29) is 61.4 Å². The lowest BCUT2D eigenvalue weighted by Crippen LogP contribution is -2.70. The van der Waals surface area contributed by atoms with Crippen molar-refractivity contribution in [3.63, 3.8) is 0 Å². The molecule has 0 aromatic rings. The summed E-state index contributed by atoms with van der Waals surface area (Å²) < 4.78 is 12.2. The number of esters is 1. The molecule has 22 nitrogen and oxygen atoms in total. The SMILES string of the molecule is CC[C@H](C)CC1CC[C@](O)([C@](C)(O)C(=O)NC2C(=O)N3NCCC[C@@H]3C(=O)N(O)[C@@H](C)C(=O)N3NCCC[C@@H]3C(=O)N3CC[C@@](C)(O)[C@H]3C(=O)N(O)[C@@H](C(C)C)C(=O)OC2C(C)C)O[C@@H]1CC. The third-order valence-corrected chi connectivity index (χ3v) is 14.7. The fourth-order valence-electron chi connectivity index (χ4n) is 10.1. The molecule has 0 aromatic carbocycles. The third kappa shape index (κ3) is 10.8. The number of cyclic esters (lactones) is 1. The molecule has 0 spiro atoms. The van der Waals surface area contributed by atoms with Crippen LogP contribution in [0, 0.1) is 23.7 Å². The molecule has 5 saturated heterocycles. The Morgan fingerprint density at radius 3 is 1.97 bits per heavy atom. The summed E-state index contributed by atoms with van der Waals surface area (Å²) in [4.78, 5) is 103. The van der Waals surface area contributed by atoms with Gasteiger partial charge in [-0.2, -0.15) is 0 Å². The predicted molar refractivity (Wildman–Crippen MR) is 236 cm³/mol. The Balaban J connectivity index is 1.62. The summed E-state index contributed by atoms with van der Waals surface area (Å²) >= 11 is 0. The minimum atomic E-state index is -2.74. The van der Waals surface area contributed by atoms with E-state index < -0.39 is 119 Å². The zero-order valence-corrected chi connectivity index (χ0v) is 40.8. The van der Waals surface area contributed by atoms with E-state index in [1.807, 2.05) is 6.92 Å². The van der Waals surface area contributed by atoms with Crippen LogP contribution in [-0.4, -0.2) is 177 Å². The van der Waals surface area contributed by atoms with Crippen molar-refractivity contribution >= 4 is 41.4 Å². The Kier molecular flexibility index (Phi) is 17.1. The minimum Gasteiger partial charge on any atom is -0.458 e. The smallest absolute Gasteiger partial charge is 0.332 e. The van der Waals surface area contributed by atoms with Gasteiger partial charge in [0, 0.05) is 26.1 Å². The molecule has 8 N–H and O–H groups in total. The van der Waals surface area contributed by atoms with Gasteiger partial charge in [-0.1, -0.05) is 54.9 Å². The number of nitrogens with zero attached hydrogens (tertiary/aromatic N) is 5. The van der Waals surface area contributed by atoms with Gasteiger partial charge in [0.25, 0.3) is 29.5 Å². The maximum atomic E-state index is 15.1. The first-order valence-electron chi connectivity index (χ1n) is 24.1. The fraction of sp³-hybridized carbons (Fsp3) is 0.844. The van der Waals surface area contributed by atoms with E-state index >= 15 is 4.79 Å². The van der Waals surface area contributed by atoms with Crippen LogP contribution in [0.25, 0.3) is 0 Å². The molecule has 3 unspecified atom stereocenters. The van der Waals surface area contributed by atoms with Crippen molar-refractivity contribution in [3.05, 3.63) is 0 Å². The number of nitrogens with one attached hydrogen (secondary N) is 3. The summed E-state index contributed by atoms with van der Waals surface area (Å²) in [5.41, 5.74) is 1.02. The molecule has 5 heterocycles. The maximum Gasteiger partial charge on any atom is 0.332 e. The number of hydrogen-bond donors (Lipinski definition) is 8. The standard InChI is InChI=1S/C45H76N8O14/c1-11-26(7)23-28-17-18-45(63,67-31(28)12-2)44(10,62)42(60)48-32-34(25(5)6)66-41(59)33(24(3)4)53(65)40(58)35-43(9,61)19-22-49(35)37(55)29-15-13-20-46-50(29)36(54)27(8)52(64)38(56)30-16-14-21-47-51(30)39(32)57/h24-35,46-47,61-65H,11-23H2,1-10H3,(H,48,60)/t26-,27-,28?,29+,30+,31+,32?,33-,34?,35+,43+,44+,45+/m0/s1. The monoisotopic (exact) mass is 953 g/mol. The molecule has 0 aliphatic carbocycles. The van der Waals surface area contributed by atoms with E-state index in [0.717, 1.165) is 34.7 Å². The highest BCUT2D eigenvalue weighted by molar-refractivity contribution is 5.98. The first kappa shape index (κ1) is 53.9. The van der Waals surface area contributed by atoms with Crippen molar-refractivity contribution < 1.29 is 68.8 Å². The molecule has 0 radical (unpaired) electrons. The van der Waals surface area contributed by atoms with Crippen molar-refractivity contribution in [3.8, 4) is 0 Å². The van der Waals surface area contributed by atoms with Gasteiger partial charge in [0.15, 0.2) is 11.6 Å². The number of ether oxygens (including phenoxy) is 2. The number of aliphatic hydroxyl groups is 3. The number of rotatable bonds is 9. The van der Waals surface area contributed by atoms with Crippen LogP contribution >= 0.6 is 0 Å². The molecule has 5 rings (SSSR count). The summed E-state index contributed by atoms with van der Waals surface area (Å²) in [7, 11) is 0. The predicted octanol–water partition coefficient (Wildman–Crippen LogP) is 0.325. The molecule has 13 atom stereocenters. The number of hydroxylamine groups is 4. The molecule has 0 aromatic heterocycles. The first-order valence-corrected chi connectivity index (χ1v) is 24.1. The first-order chi connectivity index (χ1) is 31.3. The second kappa shape index (κ2) is 21.3. The van der Waals surface area contributed by atoms with Crippen LogP contribution in [0.2, 0.25) is 0 Å².